The van der Waals surface area contributed by atoms with Crippen molar-refractivity contribution in [3.8, 4) is 0 Å². The lowest BCUT2D eigenvalue weighted by Crippen LogP contribution is -2.30. The maximum absolute atomic E-state index is 10.5. The summed E-state index contributed by atoms with van der Waals surface area (Å²) in [5, 5.41) is 10.5. The fourth-order valence-corrected chi connectivity index (χ4v) is 3.78. The molecule has 2 aromatic rings. The average Bonchev–Trinajstić information content (AvgIpc) is 2.87. The van der Waals surface area contributed by atoms with E-state index in [9.17, 15) is 5.11 Å². The van der Waals surface area contributed by atoms with Crippen LogP contribution in [0.3, 0.4) is 0 Å². The minimum absolute atomic E-state index is 0.246. The number of rotatable bonds is 3. The molecule has 0 aromatic heterocycles. The number of benzene rings is 2. The van der Waals surface area contributed by atoms with Gasteiger partial charge in [-0.2, -0.15) is 0 Å². The summed E-state index contributed by atoms with van der Waals surface area (Å²) < 4.78 is 0. The van der Waals surface area contributed by atoms with Gasteiger partial charge in [0.1, 0.15) is 0 Å². The van der Waals surface area contributed by atoms with E-state index in [1.54, 1.807) is 0 Å². The number of hydrogen-bond acceptors (Lipinski definition) is 1. The van der Waals surface area contributed by atoms with Gasteiger partial charge in [-0.25, -0.2) is 0 Å². The quantitative estimate of drug-likeness (QED) is 0.900. The third kappa shape index (κ3) is 1.97. The molecule has 2 aromatic carbocycles. The van der Waals surface area contributed by atoms with Crippen LogP contribution in [-0.4, -0.2) is 11.2 Å². The van der Waals surface area contributed by atoms with Gasteiger partial charge in [0.15, 0.2) is 0 Å². The lowest BCUT2D eigenvalue weighted by Gasteiger charge is -2.34. The van der Waals surface area contributed by atoms with Gasteiger partial charge in [-0.3, -0.25) is 0 Å². The van der Waals surface area contributed by atoms with Crippen LogP contribution in [0.2, 0.25) is 0 Å². The predicted octanol–water partition coefficient (Wildman–Crippen LogP) is 3.42. The zero-order valence-corrected chi connectivity index (χ0v) is 11.7. The number of aryl methyl sites for hydroxylation is 2. The molecule has 2 atom stereocenters. The van der Waals surface area contributed by atoms with Crippen molar-refractivity contribution in [3.63, 3.8) is 0 Å². The highest BCUT2D eigenvalue weighted by Crippen LogP contribution is 2.38. The second-order valence-corrected chi connectivity index (χ2v) is 6.24. The lowest BCUT2D eigenvalue weighted by atomic mass is 9.73. The molecule has 20 heavy (non-hydrogen) atoms. The molecule has 0 radical (unpaired) electrons. The lowest BCUT2D eigenvalue weighted by molar-refractivity contribution is 0.133. The molecule has 2 aliphatic rings. The van der Waals surface area contributed by atoms with E-state index in [1.807, 2.05) is 0 Å². The van der Waals surface area contributed by atoms with E-state index in [0.29, 0.717) is 5.92 Å². The Morgan fingerprint density at radius 1 is 1.00 bits per heavy atom. The van der Waals surface area contributed by atoms with Crippen molar-refractivity contribution < 1.29 is 5.11 Å². The van der Waals surface area contributed by atoms with E-state index in [1.165, 1.54) is 47.1 Å². The van der Waals surface area contributed by atoms with Crippen LogP contribution >= 0.6 is 0 Å². The summed E-state index contributed by atoms with van der Waals surface area (Å²) in [6.07, 6.45) is 5.30. The summed E-state index contributed by atoms with van der Waals surface area (Å²) >= 11 is 0. The van der Waals surface area contributed by atoms with Gasteiger partial charge in [0, 0.05) is 5.92 Å². The van der Waals surface area contributed by atoms with Crippen LogP contribution in [0.25, 0.3) is 0 Å². The van der Waals surface area contributed by atoms with Crippen LogP contribution in [-0.2, 0) is 25.7 Å². The Bertz CT molecular complexity index is 644. The van der Waals surface area contributed by atoms with Gasteiger partial charge >= 0.3 is 0 Å². The number of aliphatic hydroxyl groups is 1. The molecular formula is C19H20O. The highest BCUT2D eigenvalue weighted by Gasteiger charge is 2.31. The first kappa shape index (κ1) is 12.2. The maximum atomic E-state index is 10.5. The van der Waals surface area contributed by atoms with Crippen molar-refractivity contribution in [2.45, 2.75) is 44.1 Å². The Balaban J connectivity index is 1.50. The van der Waals surface area contributed by atoms with E-state index >= 15 is 0 Å². The Hall–Kier alpha value is -1.60. The largest absolute Gasteiger partial charge is 0.392 e. The van der Waals surface area contributed by atoms with Crippen molar-refractivity contribution in [2.24, 2.45) is 0 Å². The van der Waals surface area contributed by atoms with Crippen LogP contribution in [0.5, 0.6) is 0 Å². The first-order valence-electron chi connectivity index (χ1n) is 7.68. The van der Waals surface area contributed by atoms with Crippen molar-refractivity contribution in [1.29, 1.82) is 0 Å². The average molecular weight is 264 g/mol. The van der Waals surface area contributed by atoms with E-state index in [-0.39, 0.29) is 6.10 Å². The van der Waals surface area contributed by atoms with Gasteiger partial charge in [-0.05, 0) is 59.9 Å². The van der Waals surface area contributed by atoms with E-state index in [4.69, 9.17) is 0 Å². The molecule has 2 unspecified atom stereocenters. The molecule has 0 spiro atoms. The van der Waals surface area contributed by atoms with Crippen molar-refractivity contribution >= 4 is 0 Å². The zero-order chi connectivity index (χ0) is 13.5. The smallest absolute Gasteiger partial charge is 0.0652 e. The number of fused-ring (bicyclic) bond motifs is 2. The van der Waals surface area contributed by atoms with Gasteiger partial charge in [0.25, 0.3) is 0 Å². The molecule has 1 N–H and O–H groups in total. The third-order valence-electron chi connectivity index (χ3n) is 4.97. The standard InChI is InChI=1S/C19H20O/c20-19(18-12-16-4-1-2-7-17(16)18)11-13-8-9-14-5-3-6-15(14)10-13/h1-2,4,7-10,18-20H,3,5-6,11-12H2. The first-order valence-corrected chi connectivity index (χ1v) is 7.68. The molecule has 2 aliphatic carbocycles. The molecule has 0 amide bonds. The van der Waals surface area contributed by atoms with Crippen LogP contribution in [0, 0.1) is 0 Å². The molecule has 0 saturated carbocycles. The first-order chi connectivity index (χ1) is 9.81. The molecule has 0 aliphatic heterocycles. The number of aliphatic hydroxyl groups excluding tert-OH is 1. The second-order valence-electron chi connectivity index (χ2n) is 6.24. The Morgan fingerprint density at radius 2 is 1.85 bits per heavy atom. The van der Waals surface area contributed by atoms with Crippen LogP contribution in [0.1, 0.15) is 40.2 Å². The van der Waals surface area contributed by atoms with E-state index < -0.39 is 0 Å². The molecule has 0 heterocycles. The number of hydrogen-bond donors (Lipinski definition) is 1. The second kappa shape index (κ2) is 4.75. The summed E-state index contributed by atoms with van der Waals surface area (Å²) in [5.74, 6) is 0.333. The SMILES string of the molecule is OC(Cc1ccc2c(c1)CCC2)C1Cc2ccccc21. The summed E-state index contributed by atoms with van der Waals surface area (Å²) in [6.45, 7) is 0. The van der Waals surface area contributed by atoms with Crippen molar-refractivity contribution in [1.82, 2.24) is 0 Å². The normalized spacial score (nSPS) is 20.9. The molecule has 0 fully saturated rings. The zero-order valence-electron chi connectivity index (χ0n) is 11.7. The van der Waals surface area contributed by atoms with Gasteiger partial charge in [0.2, 0.25) is 0 Å². The molecule has 102 valence electrons. The fraction of sp³-hybridized carbons (Fsp3) is 0.368. The minimum atomic E-state index is -0.246. The molecule has 0 saturated heterocycles. The maximum Gasteiger partial charge on any atom is 0.0652 e. The van der Waals surface area contributed by atoms with E-state index in [2.05, 4.69) is 42.5 Å². The molecule has 4 rings (SSSR count). The summed E-state index contributed by atoms with van der Waals surface area (Å²) in [6, 6.07) is 15.3. The van der Waals surface area contributed by atoms with Gasteiger partial charge < -0.3 is 5.11 Å². The molecule has 1 nitrogen and oxygen atoms in total. The Morgan fingerprint density at radius 3 is 2.75 bits per heavy atom. The molecule has 0 bridgehead atoms. The topological polar surface area (TPSA) is 20.2 Å². The monoisotopic (exact) mass is 264 g/mol. The van der Waals surface area contributed by atoms with Gasteiger partial charge in [-0.1, -0.05) is 42.5 Å². The van der Waals surface area contributed by atoms with Crippen molar-refractivity contribution in [3.05, 3.63) is 70.3 Å². The summed E-state index contributed by atoms with van der Waals surface area (Å²) in [7, 11) is 0. The van der Waals surface area contributed by atoms with Crippen LogP contribution in [0.15, 0.2) is 42.5 Å². The summed E-state index contributed by atoms with van der Waals surface area (Å²) in [5.41, 5.74) is 7.06. The Kier molecular flexibility index (Phi) is 2.89. The predicted molar refractivity (Wildman–Crippen MR) is 81.1 cm³/mol. The highest BCUT2D eigenvalue weighted by atomic mass is 16.3. The third-order valence-corrected chi connectivity index (χ3v) is 4.97. The molecular weight excluding hydrogens is 244 g/mol. The van der Waals surface area contributed by atoms with E-state index in [0.717, 1.165) is 12.8 Å². The van der Waals surface area contributed by atoms with Crippen LogP contribution < -0.4 is 0 Å². The summed E-state index contributed by atoms with van der Waals surface area (Å²) in [4.78, 5) is 0. The Labute approximate surface area is 120 Å². The fourth-order valence-electron chi connectivity index (χ4n) is 3.78. The van der Waals surface area contributed by atoms with Crippen LogP contribution in [0.4, 0.5) is 0 Å². The molecule has 1 heteroatoms. The van der Waals surface area contributed by atoms with Crippen molar-refractivity contribution in [2.75, 3.05) is 0 Å². The minimum Gasteiger partial charge on any atom is -0.392 e. The van der Waals surface area contributed by atoms with Gasteiger partial charge in [-0.15, -0.1) is 0 Å². The van der Waals surface area contributed by atoms with Gasteiger partial charge in [0.05, 0.1) is 6.10 Å². The highest BCUT2D eigenvalue weighted by molar-refractivity contribution is 5.41.